The Balaban J connectivity index is 1.29. The minimum absolute atomic E-state index is 0.0108. The van der Waals surface area contributed by atoms with Gasteiger partial charge < -0.3 is 29.2 Å². The van der Waals surface area contributed by atoms with Crippen molar-refractivity contribution in [3.05, 3.63) is 54.1 Å². The highest BCUT2D eigenvalue weighted by molar-refractivity contribution is 5.93. The molecule has 3 fully saturated rings. The molecule has 4 aliphatic rings. The number of hydrogen-bond donors (Lipinski definition) is 4. The molecule has 66 heavy (non-hydrogen) atoms. The molecule has 0 aliphatic carbocycles. The summed E-state index contributed by atoms with van der Waals surface area (Å²) in [5, 5.41) is 23.2. The summed E-state index contributed by atoms with van der Waals surface area (Å²) in [6, 6.07) is 9.38. The number of benzene rings is 1. The minimum Gasteiger partial charge on any atom is -0.452 e. The number of rotatable bonds is 15. The molecule has 4 aliphatic heterocycles. The molecule has 0 aromatic heterocycles. The van der Waals surface area contributed by atoms with Crippen LogP contribution in [-0.2, 0) is 47.9 Å². The standard InChI is InChI=1S/C52H80N2O12/c1-12-39(49(59)54-53-44(56)25-22-38-18-16-15-17-19-38)41-23-21-32(5)47(63-41)35(8)45(57)34(7)46(58)40(13-2)48-33(6)30-31(4)20-24-43(62-37(10)55)52(66-64-48)29-28-50(11,65-52)42-26-27-51(60,14-3)36(9)61-42/h15-20,22,24-25,31-36,39-43,45,47-48,57,60H,12-14,21,23,26-30H2,1-11H3,(H,53,56)(H,54,59)/b24-20-,25-22+/t31-,32-,33-,34-,35-,36-,39?,40-,41+,42+,43+,45+,47+,48-,50-,51+,52-/m0/s1. The van der Waals surface area contributed by atoms with Crippen molar-refractivity contribution in [3.8, 4) is 0 Å². The van der Waals surface area contributed by atoms with E-state index < -0.39 is 89.2 Å². The number of nitrogens with one attached hydrogen (secondary N) is 2. The second kappa shape index (κ2) is 23.2. The highest BCUT2D eigenvalue weighted by atomic mass is 17.2. The van der Waals surface area contributed by atoms with E-state index in [0.29, 0.717) is 57.8 Å². The zero-order valence-electron chi connectivity index (χ0n) is 41.3. The molecule has 5 rings (SSSR count). The third-order valence-corrected chi connectivity index (χ3v) is 15.4. The number of allylic oxidation sites excluding steroid dienone is 1. The van der Waals surface area contributed by atoms with E-state index in [0.717, 1.165) is 12.0 Å². The van der Waals surface area contributed by atoms with Crippen LogP contribution in [0.5, 0.6) is 0 Å². The average molecular weight is 925 g/mol. The third kappa shape index (κ3) is 12.6. The lowest BCUT2D eigenvalue weighted by atomic mass is 9.74. The van der Waals surface area contributed by atoms with Crippen LogP contribution in [0, 0.1) is 41.4 Å². The molecular weight excluding hydrogens is 845 g/mol. The number of ketones is 1. The molecule has 3 saturated heterocycles. The quantitative estimate of drug-likeness (QED) is 0.0441. The van der Waals surface area contributed by atoms with Crippen molar-refractivity contribution in [3.63, 3.8) is 0 Å². The summed E-state index contributed by atoms with van der Waals surface area (Å²) in [6.07, 6.45) is 7.69. The summed E-state index contributed by atoms with van der Waals surface area (Å²) in [4.78, 5) is 66.3. The van der Waals surface area contributed by atoms with Crippen LogP contribution in [0.15, 0.2) is 48.6 Å². The second-order valence-corrected chi connectivity index (χ2v) is 20.2. The normalized spacial score (nSPS) is 37.0. The molecule has 4 heterocycles. The fourth-order valence-corrected chi connectivity index (χ4v) is 10.9. The second-order valence-electron chi connectivity index (χ2n) is 20.2. The first-order chi connectivity index (χ1) is 31.2. The number of esters is 1. The first kappa shape index (κ1) is 53.5. The topological polar surface area (TPSA) is 188 Å². The van der Waals surface area contributed by atoms with Crippen LogP contribution in [0.4, 0.5) is 0 Å². The molecule has 14 heteroatoms. The molecule has 0 radical (unpaired) electrons. The summed E-state index contributed by atoms with van der Waals surface area (Å²) in [7, 11) is 0. The Morgan fingerprint density at radius 2 is 1.58 bits per heavy atom. The van der Waals surface area contributed by atoms with E-state index in [1.807, 2.05) is 91.0 Å². The van der Waals surface area contributed by atoms with E-state index in [-0.39, 0.29) is 35.5 Å². The van der Waals surface area contributed by atoms with Crippen LogP contribution in [-0.4, -0.2) is 93.5 Å². The van der Waals surface area contributed by atoms with Crippen LogP contribution >= 0.6 is 0 Å². The van der Waals surface area contributed by atoms with E-state index in [1.165, 1.54) is 13.0 Å². The molecule has 1 aromatic rings. The number of carbonyl (C=O) groups excluding carboxylic acids is 4. The molecule has 0 bridgehead atoms. The van der Waals surface area contributed by atoms with Gasteiger partial charge in [0.2, 0.25) is 11.7 Å². The summed E-state index contributed by atoms with van der Waals surface area (Å²) in [5.74, 6) is -5.71. The maximum Gasteiger partial charge on any atom is 0.303 e. The number of hydrazine groups is 1. The predicted octanol–water partition coefficient (Wildman–Crippen LogP) is 7.74. The maximum absolute atomic E-state index is 14.8. The van der Waals surface area contributed by atoms with Crippen LogP contribution in [0.25, 0.3) is 6.08 Å². The van der Waals surface area contributed by atoms with Gasteiger partial charge in [-0.15, -0.1) is 0 Å². The Labute approximate surface area is 393 Å². The summed E-state index contributed by atoms with van der Waals surface area (Å²) in [5.41, 5.74) is 4.10. The van der Waals surface area contributed by atoms with Gasteiger partial charge in [-0.25, -0.2) is 4.89 Å². The Kier molecular flexibility index (Phi) is 18.8. The molecule has 1 spiro atoms. The minimum atomic E-state index is -1.57. The molecule has 1 aromatic carbocycles. The van der Waals surface area contributed by atoms with E-state index >= 15 is 0 Å². The van der Waals surface area contributed by atoms with Crippen molar-refractivity contribution in [1.29, 1.82) is 0 Å². The van der Waals surface area contributed by atoms with Gasteiger partial charge in [0.15, 0.2) is 6.10 Å². The van der Waals surface area contributed by atoms with Gasteiger partial charge in [0.1, 0.15) is 11.9 Å². The van der Waals surface area contributed by atoms with E-state index in [1.54, 1.807) is 13.0 Å². The molecule has 14 nitrogen and oxygen atoms in total. The molecule has 17 atom stereocenters. The number of hydrogen-bond acceptors (Lipinski definition) is 12. The molecule has 1 unspecified atom stereocenters. The smallest absolute Gasteiger partial charge is 0.303 e. The summed E-state index contributed by atoms with van der Waals surface area (Å²) in [6.45, 7) is 20.8. The number of carbonyl (C=O) groups is 4. The van der Waals surface area contributed by atoms with E-state index in [9.17, 15) is 29.4 Å². The number of amides is 2. The Morgan fingerprint density at radius 3 is 2.21 bits per heavy atom. The van der Waals surface area contributed by atoms with Crippen LogP contribution in [0.2, 0.25) is 0 Å². The highest BCUT2D eigenvalue weighted by Gasteiger charge is 2.60. The number of ether oxygens (including phenoxy) is 4. The molecule has 2 amide bonds. The first-order valence-corrected chi connectivity index (χ1v) is 24.7. The van der Waals surface area contributed by atoms with Gasteiger partial charge in [0.05, 0.1) is 47.6 Å². The van der Waals surface area contributed by atoms with Gasteiger partial charge in [-0.1, -0.05) is 91.8 Å². The fraction of sp³-hybridized carbons (Fsp3) is 0.731. The zero-order chi connectivity index (χ0) is 48.6. The lowest BCUT2D eigenvalue weighted by molar-refractivity contribution is -0.468. The lowest BCUT2D eigenvalue weighted by Gasteiger charge is -2.47. The molecule has 4 N–H and O–H groups in total. The van der Waals surface area contributed by atoms with Gasteiger partial charge in [-0.3, -0.25) is 30.0 Å². The fourth-order valence-electron chi connectivity index (χ4n) is 10.9. The molecule has 0 saturated carbocycles. The number of aliphatic hydroxyl groups is 2. The summed E-state index contributed by atoms with van der Waals surface area (Å²) >= 11 is 0. The van der Waals surface area contributed by atoms with Crippen molar-refractivity contribution < 1.29 is 58.1 Å². The number of Topliss-reactive ketones (excluding diaryl/α,β-unsaturated/α-hetero) is 1. The predicted molar refractivity (Wildman–Crippen MR) is 250 cm³/mol. The largest absolute Gasteiger partial charge is 0.452 e. The molecule has 370 valence electrons. The van der Waals surface area contributed by atoms with Gasteiger partial charge in [-0.2, -0.15) is 4.89 Å². The summed E-state index contributed by atoms with van der Waals surface area (Å²) < 4.78 is 26.0. The van der Waals surface area contributed by atoms with Crippen molar-refractivity contribution in [2.45, 2.75) is 200 Å². The Bertz CT molecular complexity index is 1840. The van der Waals surface area contributed by atoms with Crippen molar-refractivity contribution in [1.82, 2.24) is 10.9 Å². The lowest BCUT2D eigenvalue weighted by Crippen LogP contribution is -2.56. The number of aliphatic hydroxyl groups excluding tert-OH is 1. The first-order valence-electron chi connectivity index (χ1n) is 24.7. The van der Waals surface area contributed by atoms with Gasteiger partial charge in [0, 0.05) is 37.2 Å². The molecular formula is C52H80N2O12. The SMILES string of the molecule is CCC(C(=O)NNC(=O)/C=C/c1ccccc1)[C@H]1CC[C@H](C)[C@H]([C@@H](C)[C@H](O)[C@H](C)C(=O)[C@H](CC)[C@H]2OO[C@@]3(CC[C@@](C)([C@H]4CC[C@](O)(CC)[C@H](C)O4)O3)[C@H](OC(C)=O)/C=C\[C@H](C)C[C@@H]2C)O1. The van der Waals surface area contributed by atoms with E-state index in [2.05, 4.69) is 24.7 Å². The van der Waals surface area contributed by atoms with E-state index in [4.69, 9.17) is 28.7 Å². The third-order valence-electron chi connectivity index (χ3n) is 15.4. The highest BCUT2D eigenvalue weighted by Crippen LogP contribution is 2.49. The van der Waals surface area contributed by atoms with Crippen LogP contribution in [0.3, 0.4) is 0 Å². The van der Waals surface area contributed by atoms with Crippen molar-refractivity contribution in [2.75, 3.05) is 0 Å². The zero-order valence-corrected chi connectivity index (χ0v) is 41.3. The van der Waals surface area contributed by atoms with Crippen LogP contribution in [0.1, 0.15) is 146 Å². The van der Waals surface area contributed by atoms with Gasteiger partial charge >= 0.3 is 5.97 Å². The monoisotopic (exact) mass is 925 g/mol. The Hall–Kier alpha value is -3.50. The maximum atomic E-state index is 14.8. The Morgan fingerprint density at radius 1 is 0.879 bits per heavy atom. The van der Waals surface area contributed by atoms with Crippen LogP contribution < -0.4 is 10.9 Å². The van der Waals surface area contributed by atoms with Crippen molar-refractivity contribution >= 4 is 29.6 Å². The van der Waals surface area contributed by atoms with Gasteiger partial charge in [-0.05, 0) is 107 Å². The van der Waals surface area contributed by atoms with Crippen molar-refractivity contribution in [2.24, 2.45) is 41.4 Å². The van der Waals surface area contributed by atoms with Gasteiger partial charge in [0.25, 0.3) is 5.91 Å². The average Bonchev–Trinajstić information content (AvgIpc) is 3.66.